The summed E-state index contributed by atoms with van der Waals surface area (Å²) in [5, 5.41) is 14.4. The van der Waals surface area contributed by atoms with Gasteiger partial charge in [0.15, 0.2) is 17.3 Å². The summed E-state index contributed by atoms with van der Waals surface area (Å²) in [6, 6.07) is 6.74. The van der Waals surface area contributed by atoms with Crippen LogP contribution in [-0.4, -0.2) is 37.4 Å². The Labute approximate surface area is 183 Å². The Kier molecular flexibility index (Phi) is 4.96. The molecule has 2 unspecified atom stereocenters. The van der Waals surface area contributed by atoms with Crippen LogP contribution in [0, 0.1) is 0 Å². The van der Waals surface area contributed by atoms with E-state index in [1.165, 1.54) is 7.11 Å². The lowest BCUT2D eigenvalue weighted by Crippen LogP contribution is -2.27. The molecule has 2 atom stereocenters. The van der Waals surface area contributed by atoms with E-state index in [-0.39, 0.29) is 11.7 Å². The summed E-state index contributed by atoms with van der Waals surface area (Å²) in [5.41, 5.74) is 2.00. The van der Waals surface area contributed by atoms with Crippen molar-refractivity contribution in [3.05, 3.63) is 53.1 Å². The van der Waals surface area contributed by atoms with Gasteiger partial charge in [-0.1, -0.05) is 0 Å². The highest BCUT2D eigenvalue weighted by Gasteiger charge is 2.39. The predicted molar refractivity (Wildman–Crippen MR) is 113 cm³/mol. The Morgan fingerprint density at radius 2 is 1.81 bits per heavy atom. The number of Topliss-reactive ketones (excluding diaryl/α,β-unsaturated/α-hetero) is 1. The van der Waals surface area contributed by atoms with Crippen molar-refractivity contribution in [2.75, 3.05) is 32.0 Å². The number of nitrogens with one attached hydrogen (secondary N) is 2. The van der Waals surface area contributed by atoms with E-state index in [0.29, 0.717) is 52.9 Å². The number of furan rings is 1. The zero-order valence-electron chi connectivity index (χ0n) is 17.8. The van der Waals surface area contributed by atoms with Crippen LogP contribution in [0.25, 0.3) is 0 Å². The van der Waals surface area contributed by atoms with E-state index in [0.717, 1.165) is 11.5 Å². The third kappa shape index (κ3) is 3.15. The van der Waals surface area contributed by atoms with Crippen molar-refractivity contribution in [3.63, 3.8) is 0 Å². The molecule has 1 aliphatic carbocycles. The van der Waals surface area contributed by atoms with Crippen molar-refractivity contribution < 1.29 is 28.1 Å². The summed E-state index contributed by atoms with van der Waals surface area (Å²) < 4.78 is 27.2. The van der Waals surface area contributed by atoms with Crippen molar-refractivity contribution >= 4 is 17.4 Å². The van der Waals surface area contributed by atoms with Crippen LogP contribution in [0.2, 0.25) is 0 Å². The molecule has 3 aromatic rings. The first-order valence-electron chi connectivity index (χ1n) is 10.1. The minimum atomic E-state index is -0.578. The fourth-order valence-electron chi connectivity index (χ4n) is 4.41. The van der Waals surface area contributed by atoms with Crippen LogP contribution >= 0.6 is 0 Å². The van der Waals surface area contributed by atoms with Gasteiger partial charge < -0.3 is 29.3 Å². The van der Waals surface area contributed by atoms with Crippen LogP contribution in [0.4, 0.5) is 11.6 Å². The molecule has 1 aromatic carbocycles. The predicted octanol–water partition coefficient (Wildman–Crippen LogP) is 3.67. The first-order valence-corrected chi connectivity index (χ1v) is 10.1. The van der Waals surface area contributed by atoms with E-state index in [1.54, 1.807) is 26.5 Å². The Morgan fingerprint density at radius 3 is 2.53 bits per heavy atom. The van der Waals surface area contributed by atoms with Crippen molar-refractivity contribution in [2.24, 2.45) is 0 Å². The molecule has 0 bridgehead atoms. The molecule has 5 rings (SSSR count). The van der Waals surface area contributed by atoms with Crippen molar-refractivity contribution in [1.29, 1.82) is 0 Å². The summed E-state index contributed by atoms with van der Waals surface area (Å²) >= 11 is 0. The van der Waals surface area contributed by atoms with Gasteiger partial charge in [0.05, 0.1) is 33.6 Å². The second kappa shape index (κ2) is 7.95. The number of carbonyl (C=O) groups is 1. The van der Waals surface area contributed by atoms with E-state index in [9.17, 15) is 4.79 Å². The molecule has 0 spiro atoms. The number of rotatable bonds is 5. The summed E-state index contributed by atoms with van der Waals surface area (Å²) in [4.78, 5) is 13.5. The van der Waals surface area contributed by atoms with Crippen LogP contribution in [0.15, 0.2) is 50.8 Å². The maximum atomic E-state index is 13.5. The van der Waals surface area contributed by atoms with E-state index < -0.39 is 6.04 Å². The molecular formula is C22H22N4O6. The summed E-state index contributed by atoms with van der Waals surface area (Å²) in [7, 11) is 4.64. The highest BCUT2D eigenvalue weighted by atomic mass is 16.6. The second-order valence-corrected chi connectivity index (χ2v) is 7.52. The molecule has 0 amide bonds. The fraction of sp³-hybridized carbons (Fsp3) is 0.318. The van der Waals surface area contributed by atoms with E-state index in [2.05, 4.69) is 20.9 Å². The van der Waals surface area contributed by atoms with Crippen molar-refractivity contribution in [3.8, 4) is 17.2 Å². The molecule has 0 saturated heterocycles. The molecule has 0 radical (unpaired) electrons. The van der Waals surface area contributed by atoms with Gasteiger partial charge >= 0.3 is 0 Å². The van der Waals surface area contributed by atoms with Gasteiger partial charge in [0.2, 0.25) is 17.4 Å². The Balaban J connectivity index is 1.66. The van der Waals surface area contributed by atoms with Crippen LogP contribution in [-0.2, 0) is 4.79 Å². The number of anilines is 2. The zero-order valence-corrected chi connectivity index (χ0v) is 17.8. The Hall–Kier alpha value is -3.95. The number of ketones is 1. The minimum Gasteiger partial charge on any atom is -0.493 e. The quantitative estimate of drug-likeness (QED) is 0.610. The summed E-state index contributed by atoms with van der Waals surface area (Å²) in [5.74, 6) is 2.87. The van der Waals surface area contributed by atoms with Crippen LogP contribution in [0.3, 0.4) is 0 Å². The molecular weight excluding hydrogens is 416 g/mol. The maximum Gasteiger partial charge on any atom is 0.219 e. The number of ether oxygens (including phenoxy) is 3. The number of nitrogens with zero attached hydrogens (tertiary/aromatic N) is 2. The average molecular weight is 438 g/mol. The van der Waals surface area contributed by atoms with E-state index in [1.807, 2.05) is 18.2 Å². The lowest BCUT2D eigenvalue weighted by Gasteiger charge is -2.29. The second-order valence-electron chi connectivity index (χ2n) is 7.52. The topological polar surface area (TPSA) is 121 Å². The maximum absolute atomic E-state index is 13.5. The molecule has 2 aliphatic rings. The molecule has 166 valence electrons. The number of carbonyl (C=O) groups excluding carboxylic acids is 1. The highest BCUT2D eigenvalue weighted by molar-refractivity contribution is 6.01. The summed E-state index contributed by atoms with van der Waals surface area (Å²) in [6.45, 7) is 0. The molecule has 3 heterocycles. The number of fused-ring (bicyclic) bond motifs is 1. The van der Waals surface area contributed by atoms with Crippen molar-refractivity contribution in [2.45, 2.75) is 24.8 Å². The van der Waals surface area contributed by atoms with Gasteiger partial charge in [-0.15, -0.1) is 0 Å². The first kappa shape index (κ1) is 20.0. The van der Waals surface area contributed by atoms with E-state index >= 15 is 0 Å². The number of aromatic nitrogens is 2. The number of hydrogen-bond acceptors (Lipinski definition) is 10. The fourth-order valence-corrected chi connectivity index (χ4v) is 4.41. The largest absolute Gasteiger partial charge is 0.493 e. The molecule has 1 aliphatic heterocycles. The third-order valence-electron chi connectivity index (χ3n) is 5.83. The third-order valence-corrected chi connectivity index (χ3v) is 5.83. The van der Waals surface area contributed by atoms with Gasteiger partial charge in [-0.2, -0.15) is 0 Å². The van der Waals surface area contributed by atoms with Gasteiger partial charge in [0, 0.05) is 29.2 Å². The molecule has 10 nitrogen and oxygen atoms in total. The van der Waals surface area contributed by atoms with Crippen molar-refractivity contribution in [1.82, 2.24) is 10.3 Å². The number of benzene rings is 1. The molecule has 2 aromatic heterocycles. The Morgan fingerprint density at radius 1 is 1.00 bits per heavy atom. The highest BCUT2D eigenvalue weighted by Crippen LogP contribution is 2.48. The van der Waals surface area contributed by atoms with Gasteiger partial charge in [0.1, 0.15) is 5.76 Å². The number of methoxy groups -OCH3 is 3. The Bertz CT molecular complexity index is 1180. The number of hydrogen-bond donors (Lipinski definition) is 2. The SMILES string of the molecule is COc1ccc(C2Nc3nonc3NC3=C2C(=O)CC(c2ccco2)C3)c(OC)c1OC. The average Bonchev–Trinajstić information content (AvgIpc) is 3.47. The van der Waals surface area contributed by atoms with Crippen LogP contribution in [0.5, 0.6) is 17.2 Å². The molecule has 32 heavy (non-hydrogen) atoms. The van der Waals surface area contributed by atoms with E-state index in [4.69, 9.17) is 23.3 Å². The summed E-state index contributed by atoms with van der Waals surface area (Å²) in [6.07, 6.45) is 2.49. The normalized spacial score (nSPS) is 19.9. The van der Waals surface area contributed by atoms with Gasteiger partial charge in [-0.25, -0.2) is 4.63 Å². The standard InChI is InChI=1S/C22H22N4O6/c1-28-16-7-6-12(19(29-2)20(16)30-3)18-17-13(23-21-22(24-18)26-32-25-21)9-11(10-14(17)27)15-5-4-8-31-15/h4-8,11,18H,9-10H2,1-3H3,(H,23,25)(H,24,26). The molecule has 0 saturated carbocycles. The molecule has 2 N–H and O–H groups in total. The lowest BCUT2D eigenvalue weighted by molar-refractivity contribution is -0.116. The smallest absolute Gasteiger partial charge is 0.219 e. The van der Waals surface area contributed by atoms with Crippen LogP contribution in [0.1, 0.15) is 36.1 Å². The molecule has 0 fully saturated rings. The molecule has 10 heteroatoms. The number of allylic oxidation sites excluding steroid dienone is 1. The first-order chi connectivity index (χ1) is 15.6. The van der Waals surface area contributed by atoms with Crippen LogP contribution < -0.4 is 24.8 Å². The monoisotopic (exact) mass is 438 g/mol. The van der Waals surface area contributed by atoms with Gasteiger partial charge in [0.25, 0.3) is 0 Å². The lowest BCUT2D eigenvalue weighted by atomic mass is 9.80. The minimum absolute atomic E-state index is 0.0171. The van der Waals surface area contributed by atoms with Gasteiger partial charge in [-0.3, -0.25) is 4.79 Å². The zero-order chi connectivity index (χ0) is 22.2. The van der Waals surface area contributed by atoms with Gasteiger partial charge in [-0.05, 0) is 41.0 Å².